The Kier molecular flexibility index (Phi) is 9.65. The van der Waals surface area contributed by atoms with Gasteiger partial charge < -0.3 is 20.1 Å². The summed E-state index contributed by atoms with van der Waals surface area (Å²) >= 11 is 1.26. The molecule has 0 atom stereocenters. The van der Waals surface area contributed by atoms with Gasteiger partial charge >= 0.3 is 0 Å². The highest BCUT2D eigenvalue weighted by atomic mass is 32.2. The Labute approximate surface area is 221 Å². The van der Waals surface area contributed by atoms with Gasteiger partial charge in [0.15, 0.2) is 9.84 Å². The van der Waals surface area contributed by atoms with Crippen molar-refractivity contribution < 1.29 is 27.5 Å². The van der Waals surface area contributed by atoms with Gasteiger partial charge in [-0.05, 0) is 37.5 Å². The first kappa shape index (κ1) is 28.1. The number of nitrogens with two attached hydrogens (primary N) is 1. The molecule has 0 saturated carbocycles. The van der Waals surface area contributed by atoms with Crippen molar-refractivity contribution in [3.8, 4) is 11.5 Å². The van der Waals surface area contributed by atoms with Crippen molar-refractivity contribution in [1.82, 2.24) is 9.88 Å². The summed E-state index contributed by atoms with van der Waals surface area (Å²) in [6, 6.07) is 13.4. The van der Waals surface area contributed by atoms with E-state index in [0.29, 0.717) is 34.3 Å². The minimum Gasteiger partial charge on any atom is -0.496 e. The topological polar surface area (TPSA) is 129 Å². The molecule has 2 aromatic carbocycles. The molecule has 0 aliphatic heterocycles. The first-order valence-corrected chi connectivity index (χ1v) is 14.3. The lowest BCUT2D eigenvalue weighted by Gasteiger charge is -2.23. The van der Waals surface area contributed by atoms with Crippen LogP contribution in [0.15, 0.2) is 47.8 Å². The fourth-order valence-corrected chi connectivity index (χ4v) is 5.96. The van der Waals surface area contributed by atoms with Crippen molar-refractivity contribution >= 4 is 33.0 Å². The number of rotatable bonds is 13. The van der Waals surface area contributed by atoms with Gasteiger partial charge in [-0.15, -0.1) is 11.3 Å². The second-order valence-corrected chi connectivity index (χ2v) is 11.6. The number of primary amides is 1. The van der Waals surface area contributed by atoms with Gasteiger partial charge in [0, 0.05) is 23.1 Å². The number of ether oxygens (including phenoxy) is 2. The Bertz CT molecular complexity index is 1310. The summed E-state index contributed by atoms with van der Waals surface area (Å²) in [6.45, 7) is 2.51. The molecule has 0 unspecified atom stereocenters. The van der Waals surface area contributed by atoms with Crippen LogP contribution in [0.3, 0.4) is 0 Å². The minimum atomic E-state index is -3.71. The van der Waals surface area contributed by atoms with Gasteiger partial charge in [-0.2, -0.15) is 0 Å². The molecule has 0 spiro atoms. The normalized spacial score (nSPS) is 11.2. The van der Waals surface area contributed by atoms with Crippen LogP contribution in [-0.2, 0) is 33.4 Å². The molecule has 0 aliphatic carbocycles. The molecule has 2 N–H and O–H groups in total. The van der Waals surface area contributed by atoms with Crippen LogP contribution >= 0.6 is 11.3 Å². The third kappa shape index (κ3) is 8.02. The van der Waals surface area contributed by atoms with Crippen LogP contribution in [0, 0.1) is 6.92 Å². The summed E-state index contributed by atoms with van der Waals surface area (Å²) in [5.74, 6) is -1.16. The van der Waals surface area contributed by atoms with Gasteiger partial charge in [0.2, 0.25) is 5.91 Å². The van der Waals surface area contributed by atoms with Crippen LogP contribution < -0.4 is 15.2 Å². The van der Waals surface area contributed by atoms with Crippen molar-refractivity contribution in [2.45, 2.75) is 32.1 Å². The van der Waals surface area contributed by atoms with E-state index in [4.69, 9.17) is 15.2 Å². The summed E-state index contributed by atoms with van der Waals surface area (Å²) in [4.78, 5) is 30.8. The summed E-state index contributed by atoms with van der Waals surface area (Å²) in [6.07, 6.45) is 1.51. The molecule has 0 aliphatic rings. The van der Waals surface area contributed by atoms with E-state index in [1.54, 1.807) is 22.4 Å². The third-order valence-electron chi connectivity index (χ3n) is 5.68. The number of benzene rings is 2. The summed E-state index contributed by atoms with van der Waals surface area (Å²) in [5.41, 5.74) is 7.73. The van der Waals surface area contributed by atoms with Gasteiger partial charge in [-0.3, -0.25) is 9.59 Å². The number of hydrogen-bond acceptors (Lipinski definition) is 8. The lowest BCUT2D eigenvalue weighted by atomic mass is 10.1. The third-order valence-corrected chi connectivity index (χ3v) is 8.02. The number of carbonyl (C=O) groups excluding carboxylic acids is 2. The van der Waals surface area contributed by atoms with Crippen molar-refractivity contribution in [3.05, 3.63) is 75.2 Å². The standard InChI is InChI=1S/C26H31N3O6S2/c1-18-22(34-2)12-20(13-23(18)35-3)26(31)29(11-7-10-19-8-5-4-6-9-19)14-25-28-21(15-36-25)16-37(32,33)17-24(27)30/h4-6,8-9,12-13,15H,7,10-11,14,16-17H2,1-3H3,(H2,27,30). The molecule has 0 bridgehead atoms. The van der Waals surface area contributed by atoms with Gasteiger partial charge in [0.1, 0.15) is 22.3 Å². The molecular weight excluding hydrogens is 514 g/mol. The Morgan fingerprint density at radius 3 is 2.32 bits per heavy atom. The van der Waals surface area contributed by atoms with Crippen molar-refractivity contribution in [2.75, 3.05) is 26.5 Å². The highest BCUT2D eigenvalue weighted by Crippen LogP contribution is 2.30. The van der Waals surface area contributed by atoms with Gasteiger partial charge in [0.05, 0.1) is 32.2 Å². The highest BCUT2D eigenvalue weighted by Gasteiger charge is 2.22. The lowest BCUT2D eigenvalue weighted by molar-refractivity contribution is -0.115. The molecule has 3 rings (SSSR count). The van der Waals surface area contributed by atoms with E-state index in [2.05, 4.69) is 4.98 Å². The van der Waals surface area contributed by atoms with Crippen LogP contribution in [-0.4, -0.2) is 56.6 Å². The maximum Gasteiger partial charge on any atom is 0.254 e. The van der Waals surface area contributed by atoms with E-state index in [1.807, 2.05) is 37.3 Å². The largest absolute Gasteiger partial charge is 0.496 e. The molecule has 37 heavy (non-hydrogen) atoms. The molecule has 1 aromatic heterocycles. The Morgan fingerprint density at radius 2 is 1.73 bits per heavy atom. The quantitative estimate of drug-likeness (QED) is 0.349. The van der Waals surface area contributed by atoms with Crippen LogP contribution in [0.5, 0.6) is 11.5 Å². The number of amides is 2. The smallest absolute Gasteiger partial charge is 0.254 e. The van der Waals surface area contributed by atoms with Crippen LogP contribution in [0.1, 0.15) is 38.6 Å². The molecule has 3 aromatic rings. The van der Waals surface area contributed by atoms with E-state index in [0.717, 1.165) is 18.4 Å². The van der Waals surface area contributed by atoms with E-state index in [1.165, 1.54) is 31.1 Å². The Balaban J connectivity index is 1.83. The van der Waals surface area contributed by atoms with Crippen LogP contribution in [0.4, 0.5) is 0 Å². The summed E-state index contributed by atoms with van der Waals surface area (Å²) in [7, 11) is -0.634. The maximum absolute atomic E-state index is 13.6. The number of carbonyl (C=O) groups is 2. The number of aryl methyl sites for hydroxylation is 1. The molecule has 0 saturated heterocycles. The van der Waals surface area contributed by atoms with Crippen LogP contribution in [0.2, 0.25) is 0 Å². The minimum absolute atomic E-state index is 0.201. The number of hydrogen-bond donors (Lipinski definition) is 1. The number of aromatic nitrogens is 1. The molecule has 1 heterocycles. The molecule has 2 amide bonds. The van der Waals surface area contributed by atoms with E-state index < -0.39 is 21.5 Å². The second kappa shape index (κ2) is 12.7. The fraction of sp³-hybridized carbons (Fsp3) is 0.346. The average Bonchev–Trinajstić information content (AvgIpc) is 3.28. The number of methoxy groups -OCH3 is 2. The van der Waals surface area contributed by atoms with E-state index in [-0.39, 0.29) is 18.2 Å². The maximum atomic E-state index is 13.6. The molecular formula is C26H31N3O6S2. The molecule has 11 heteroatoms. The van der Waals surface area contributed by atoms with Gasteiger partial charge in [-0.25, -0.2) is 13.4 Å². The fourth-order valence-electron chi connectivity index (χ4n) is 3.91. The van der Waals surface area contributed by atoms with Gasteiger partial charge in [0.25, 0.3) is 5.91 Å². The summed E-state index contributed by atoms with van der Waals surface area (Å²) in [5, 5.41) is 2.21. The van der Waals surface area contributed by atoms with Crippen molar-refractivity contribution in [1.29, 1.82) is 0 Å². The predicted molar refractivity (Wildman–Crippen MR) is 143 cm³/mol. The predicted octanol–water partition coefficient (Wildman–Crippen LogP) is 3.14. The molecule has 0 radical (unpaired) electrons. The molecule has 198 valence electrons. The van der Waals surface area contributed by atoms with Crippen molar-refractivity contribution in [2.24, 2.45) is 5.73 Å². The van der Waals surface area contributed by atoms with Crippen molar-refractivity contribution in [3.63, 3.8) is 0 Å². The van der Waals surface area contributed by atoms with E-state index >= 15 is 0 Å². The number of thiazole rings is 1. The zero-order chi connectivity index (χ0) is 27.0. The van der Waals surface area contributed by atoms with E-state index in [9.17, 15) is 18.0 Å². The zero-order valence-corrected chi connectivity index (χ0v) is 22.7. The first-order chi connectivity index (χ1) is 17.6. The highest BCUT2D eigenvalue weighted by molar-refractivity contribution is 7.91. The zero-order valence-electron chi connectivity index (χ0n) is 21.1. The Hall–Kier alpha value is -3.44. The van der Waals surface area contributed by atoms with Gasteiger partial charge in [-0.1, -0.05) is 30.3 Å². The second-order valence-electron chi connectivity index (χ2n) is 8.55. The molecule has 0 fully saturated rings. The SMILES string of the molecule is COc1cc(C(=O)N(CCCc2ccccc2)Cc2nc(CS(=O)(=O)CC(N)=O)cs2)cc(OC)c1C. The first-order valence-electron chi connectivity index (χ1n) is 11.6. The summed E-state index contributed by atoms with van der Waals surface area (Å²) < 4.78 is 35.2. The molecule has 9 nitrogen and oxygen atoms in total. The number of nitrogens with zero attached hydrogens (tertiary/aromatic N) is 2. The average molecular weight is 546 g/mol. The van der Waals surface area contributed by atoms with Crippen LogP contribution in [0.25, 0.3) is 0 Å². The monoisotopic (exact) mass is 545 g/mol. The number of sulfone groups is 1. The lowest BCUT2D eigenvalue weighted by Crippen LogP contribution is -2.32. The Morgan fingerprint density at radius 1 is 1.08 bits per heavy atom.